The van der Waals surface area contributed by atoms with Gasteiger partial charge in [0.25, 0.3) is 0 Å². The molecule has 84 valence electrons. The van der Waals surface area contributed by atoms with Gasteiger partial charge >= 0.3 is 0 Å². The summed E-state index contributed by atoms with van der Waals surface area (Å²) < 4.78 is 1.72. The molecule has 0 amide bonds. The molecule has 0 bridgehead atoms. The zero-order valence-electron chi connectivity index (χ0n) is 9.48. The fourth-order valence-electron chi connectivity index (χ4n) is 1.41. The minimum absolute atomic E-state index is 0.402. The SMILES string of the molecule is Cc1nc(Cl)cc(-n2ccc(C(C)C)n2)n1. The third kappa shape index (κ3) is 2.22. The van der Waals surface area contributed by atoms with Gasteiger partial charge in [-0.2, -0.15) is 5.10 Å². The van der Waals surface area contributed by atoms with Crippen molar-refractivity contribution in [2.24, 2.45) is 0 Å². The molecule has 0 N–H and O–H groups in total. The Morgan fingerprint density at radius 1 is 1.31 bits per heavy atom. The Balaban J connectivity index is 2.42. The van der Waals surface area contributed by atoms with Gasteiger partial charge in [-0.1, -0.05) is 25.4 Å². The van der Waals surface area contributed by atoms with Crippen LogP contribution in [0.25, 0.3) is 5.82 Å². The Hall–Kier alpha value is -1.42. The van der Waals surface area contributed by atoms with E-state index in [0.717, 1.165) is 5.69 Å². The molecule has 0 saturated carbocycles. The van der Waals surface area contributed by atoms with Gasteiger partial charge in [-0.05, 0) is 18.9 Å². The van der Waals surface area contributed by atoms with Gasteiger partial charge in [-0.15, -0.1) is 0 Å². The van der Waals surface area contributed by atoms with E-state index in [-0.39, 0.29) is 0 Å². The van der Waals surface area contributed by atoms with Crippen molar-refractivity contribution in [1.29, 1.82) is 0 Å². The van der Waals surface area contributed by atoms with Crippen LogP contribution in [0.15, 0.2) is 18.3 Å². The number of hydrogen-bond acceptors (Lipinski definition) is 3. The lowest BCUT2D eigenvalue weighted by atomic mass is 10.1. The Bertz CT molecular complexity index is 484. The Labute approximate surface area is 99.3 Å². The lowest BCUT2D eigenvalue weighted by molar-refractivity contribution is 0.753. The van der Waals surface area contributed by atoms with E-state index in [1.165, 1.54) is 0 Å². The van der Waals surface area contributed by atoms with Gasteiger partial charge in [-0.3, -0.25) is 0 Å². The topological polar surface area (TPSA) is 43.6 Å². The van der Waals surface area contributed by atoms with E-state index in [1.54, 1.807) is 10.7 Å². The first kappa shape index (κ1) is 11.1. The van der Waals surface area contributed by atoms with E-state index < -0.39 is 0 Å². The average Bonchev–Trinajstić information content (AvgIpc) is 2.64. The Morgan fingerprint density at radius 2 is 2.06 bits per heavy atom. The highest BCUT2D eigenvalue weighted by Crippen LogP contribution is 2.14. The maximum absolute atomic E-state index is 5.88. The predicted octanol–water partition coefficient (Wildman–Crippen LogP) is 2.75. The first-order valence-electron chi connectivity index (χ1n) is 5.13. The fraction of sp³-hybridized carbons (Fsp3) is 0.364. The molecule has 0 unspecified atom stereocenters. The molecule has 0 aromatic carbocycles. The second-order valence-electron chi connectivity index (χ2n) is 3.94. The molecule has 2 aromatic heterocycles. The maximum atomic E-state index is 5.88. The molecule has 4 nitrogen and oxygen atoms in total. The molecule has 0 radical (unpaired) electrons. The summed E-state index contributed by atoms with van der Waals surface area (Å²) in [5, 5.41) is 4.86. The van der Waals surface area contributed by atoms with Gasteiger partial charge in [0, 0.05) is 12.3 Å². The first-order chi connectivity index (χ1) is 7.56. The number of halogens is 1. The predicted molar refractivity (Wildman–Crippen MR) is 63.0 cm³/mol. The summed E-state index contributed by atoms with van der Waals surface area (Å²) >= 11 is 5.88. The van der Waals surface area contributed by atoms with Gasteiger partial charge in [-0.25, -0.2) is 14.6 Å². The molecule has 0 aliphatic carbocycles. The third-order valence-corrected chi connectivity index (χ3v) is 2.42. The summed E-state index contributed by atoms with van der Waals surface area (Å²) in [6.45, 7) is 6.01. The lowest BCUT2D eigenvalue weighted by Crippen LogP contribution is -2.02. The highest BCUT2D eigenvalue weighted by Gasteiger charge is 2.07. The summed E-state index contributed by atoms with van der Waals surface area (Å²) in [6, 6.07) is 3.68. The molecule has 2 aromatic rings. The molecule has 0 fully saturated rings. The van der Waals surface area contributed by atoms with Crippen LogP contribution in [0.5, 0.6) is 0 Å². The molecule has 0 atom stereocenters. The quantitative estimate of drug-likeness (QED) is 0.753. The fourth-order valence-corrected chi connectivity index (χ4v) is 1.63. The normalized spacial score (nSPS) is 11.1. The molecule has 0 aliphatic heterocycles. The van der Waals surface area contributed by atoms with Crippen LogP contribution in [-0.4, -0.2) is 19.7 Å². The number of aromatic nitrogens is 4. The Kier molecular flexibility index (Phi) is 2.92. The largest absolute Gasteiger partial charge is 0.222 e. The minimum atomic E-state index is 0.402. The van der Waals surface area contributed by atoms with Crippen molar-refractivity contribution in [3.05, 3.63) is 35.0 Å². The molecule has 0 aliphatic rings. The first-order valence-corrected chi connectivity index (χ1v) is 5.51. The van der Waals surface area contributed by atoms with Gasteiger partial charge in [0.2, 0.25) is 0 Å². The van der Waals surface area contributed by atoms with Crippen molar-refractivity contribution >= 4 is 11.6 Å². The molecule has 0 saturated heterocycles. The van der Waals surface area contributed by atoms with Crippen molar-refractivity contribution in [3.8, 4) is 5.82 Å². The number of rotatable bonds is 2. The summed E-state index contributed by atoms with van der Waals surface area (Å²) in [5.74, 6) is 1.74. The van der Waals surface area contributed by atoms with Crippen molar-refractivity contribution in [2.45, 2.75) is 26.7 Å². The molecule has 16 heavy (non-hydrogen) atoms. The molecule has 5 heteroatoms. The van der Waals surface area contributed by atoms with Gasteiger partial charge in [0.15, 0.2) is 5.82 Å². The molecule has 2 heterocycles. The minimum Gasteiger partial charge on any atom is -0.222 e. The van der Waals surface area contributed by atoms with E-state index in [1.807, 2.05) is 19.2 Å². The lowest BCUT2D eigenvalue weighted by Gasteiger charge is -2.02. The summed E-state index contributed by atoms with van der Waals surface area (Å²) in [4.78, 5) is 8.30. The van der Waals surface area contributed by atoms with E-state index in [0.29, 0.717) is 22.7 Å². The monoisotopic (exact) mass is 236 g/mol. The highest BCUT2D eigenvalue weighted by molar-refractivity contribution is 6.29. The van der Waals surface area contributed by atoms with Gasteiger partial charge < -0.3 is 0 Å². The molecule has 2 rings (SSSR count). The van der Waals surface area contributed by atoms with Crippen LogP contribution in [0, 0.1) is 6.92 Å². The summed E-state index contributed by atoms with van der Waals surface area (Å²) in [6.07, 6.45) is 1.88. The zero-order chi connectivity index (χ0) is 11.7. The summed E-state index contributed by atoms with van der Waals surface area (Å²) in [7, 11) is 0. The average molecular weight is 237 g/mol. The Morgan fingerprint density at radius 3 is 2.62 bits per heavy atom. The number of aryl methyl sites for hydroxylation is 1. The summed E-state index contributed by atoms with van der Waals surface area (Å²) in [5.41, 5.74) is 1.03. The van der Waals surface area contributed by atoms with E-state index >= 15 is 0 Å². The number of nitrogens with zero attached hydrogens (tertiary/aromatic N) is 4. The smallest absolute Gasteiger partial charge is 0.158 e. The van der Waals surface area contributed by atoms with Crippen LogP contribution >= 0.6 is 11.6 Å². The molecular formula is C11H13ClN4. The van der Waals surface area contributed by atoms with Gasteiger partial charge in [0.1, 0.15) is 11.0 Å². The molecule has 0 spiro atoms. The molecular weight excluding hydrogens is 224 g/mol. The van der Waals surface area contributed by atoms with Crippen LogP contribution in [-0.2, 0) is 0 Å². The number of hydrogen-bond donors (Lipinski definition) is 0. The third-order valence-electron chi connectivity index (χ3n) is 2.23. The highest BCUT2D eigenvalue weighted by atomic mass is 35.5. The van der Waals surface area contributed by atoms with Crippen molar-refractivity contribution < 1.29 is 0 Å². The van der Waals surface area contributed by atoms with E-state index in [4.69, 9.17) is 11.6 Å². The second-order valence-corrected chi connectivity index (χ2v) is 4.32. The van der Waals surface area contributed by atoms with Crippen LogP contribution in [0.1, 0.15) is 31.3 Å². The van der Waals surface area contributed by atoms with Crippen LogP contribution in [0.4, 0.5) is 0 Å². The van der Waals surface area contributed by atoms with Crippen LogP contribution in [0.3, 0.4) is 0 Å². The van der Waals surface area contributed by atoms with E-state index in [2.05, 4.69) is 28.9 Å². The maximum Gasteiger partial charge on any atom is 0.158 e. The van der Waals surface area contributed by atoms with Gasteiger partial charge in [0.05, 0.1) is 5.69 Å². The standard InChI is InChI=1S/C11H13ClN4/c1-7(2)9-4-5-16(15-9)11-6-10(12)13-8(3)14-11/h4-7H,1-3H3. The second kappa shape index (κ2) is 4.22. The van der Waals surface area contributed by atoms with Crippen LogP contribution < -0.4 is 0 Å². The zero-order valence-corrected chi connectivity index (χ0v) is 10.2. The van der Waals surface area contributed by atoms with Crippen LogP contribution in [0.2, 0.25) is 5.15 Å². The van der Waals surface area contributed by atoms with Crippen molar-refractivity contribution in [3.63, 3.8) is 0 Å². The van der Waals surface area contributed by atoms with Crippen molar-refractivity contribution in [1.82, 2.24) is 19.7 Å². The van der Waals surface area contributed by atoms with Crippen molar-refractivity contribution in [2.75, 3.05) is 0 Å². The van der Waals surface area contributed by atoms with E-state index in [9.17, 15) is 0 Å².